The van der Waals surface area contributed by atoms with Crippen LogP contribution in [0.5, 0.6) is 5.75 Å². The van der Waals surface area contributed by atoms with Gasteiger partial charge < -0.3 is 34.6 Å². The van der Waals surface area contributed by atoms with Gasteiger partial charge in [0.1, 0.15) is 11.5 Å². The Balaban J connectivity index is 1.70. The highest BCUT2D eigenvalue weighted by molar-refractivity contribution is 14.2. The molecule has 2 heterocycles. The Morgan fingerprint density at radius 3 is 2.97 bits per heavy atom. The number of nitrogens with zero attached hydrogens (tertiary/aromatic N) is 3. The van der Waals surface area contributed by atoms with E-state index in [1.54, 1.807) is 13.3 Å². The van der Waals surface area contributed by atoms with Crippen molar-refractivity contribution in [3.05, 3.63) is 66.1 Å². The molecule has 1 amide bonds. The minimum absolute atomic E-state index is 0.221. The van der Waals surface area contributed by atoms with Gasteiger partial charge in [0, 0.05) is 45.0 Å². The van der Waals surface area contributed by atoms with Crippen molar-refractivity contribution in [1.82, 2.24) is 10.2 Å². The van der Waals surface area contributed by atoms with Gasteiger partial charge in [0.25, 0.3) is 0 Å². The Kier molecular flexibility index (Phi) is 12.2. The molecule has 1 fully saturated rings. The molecular formula is C27H35ClIN5O4. The van der Waals surface area contributed by atoms with Gasteiger partial charge in [-0.05, 0) is 30.7 Å². The van der Waals surface area contributed by atoms with Gasteiger partial charge in [-0.1, -0.05) is 34.8 Å². The second-order valence-corrected chi connectivity index (χ2v) is 10.6. The summed E-state index contributed by atoms with van der Waals surface area (Å²) < 4.78 is 22.3. The average molecular weight is 656 g/mol. The highest BCUT2D eigenvalue weighted by Crippen LogP contribution is 2.32. The number of aliphatic imine (C=N–C) groups is 1. The van der Waals surface area contributed by atoms with Crippen LogP contribution in [0, 0.1) is 0 Å². The molecule has 2 aliphatic heterocycles. The van der Waals surface area contributed by atoms with E-state index in [1.165, 1.54) is 6.08 Å². The number of ether oxygens (including phenoxy) is 3. The number of amides is 1. The van der Waals surface area contributed by atoms with Crippen LogP contribution < -0.4 is 20.3 Å². The number of allylic oxidation sites excluding steroid dienone is 3. The van der Waals surface area contributed by atoms with Gasteiger partial charge in [0.2, 0.25) is 18.1 Å². The van der Waals surface area contributed by atoms with Gasteiger partial charge in [-0.3, -0.25) is 4.79 Å². The van der Waals surface area contributed by atoms with Gasteiger partial charge in [0.05, 0.1) is 35.1 Å². The zero-order valence-corrected chi connectivity index (χ0v) is 24.7. The molecule has 0 aliphatic carbocycles. The molecular weight excluding hydrogens is 621 g/mol. The number of halogens is 2. The monoisotopic (exact) mass is 655 g/mol. The van der Waals surface area contributed by atoms with Crippen molar-refractivity contribution in [3.8, 4) is 5.75 Å². The third-order valence-electron chi connectivity index (χ3n) is 5.74. The summed E-state index contributed by atoms with van der Waals surface area (Å²) >= 11 is 6.20. The lowest BCUT2D eigenvalue weighted by molar-refractivity contribution is -0.116. The fourth-order valence-corrected chi connectivity index (χ4v) is 4.97. The molecule has 206 valence electrons. The summed E-state index contributed by atoms with van der Waals surface area (Å²) in [5.74, 6) is 1.81. The summed E-state index contributed by atoms with van der Waals surface area (Å²) in [6.45, 7) is 7.12. The van der Waals surface area contributed by atoms with Crippen LogP contribution in [0.4, 0.5) is 11.4 Å². The number of anilines is 2. The molecule has 0 radical (unpaired) electrons. The minimum Gasteiger partial charge on any atom is -0.494 e. The third-order valence-corrected chi connectivity index (χ3v) is 7.31. The van der Waals surface area contributed by atoms with E-state index in [9.17, 15) is 4.79 Å². The minimum atomic E-state index is -0.560. The maximum Gasteiger partial charge on any atom is 0.243 e. The van der Waals surface area contributed by atoms with Crippen molar-refractivity contribution < 1.29 is 19.0 Å². The highest BCUT2D eigenvalue weighted by atomic mass is 127. The van der Waals surface area contributed by atoms with E-state index in [2.05, 4.69) is 37.7 Å². The number of carbonyl (C=O) groups excluding carboxylic acids is 1. The predicted octanol–water partition coefficient (Wildman–Crippen LogP) is 4.20. The second kappa shape index (κ2) is 15.6. The summed E-state index contributed by atoms with van der Waals surface area (Å²) in [5, 5.41) is 6.52. The van der Waals surface area contributed by atoms with E-state index >= 15 is 0 Å². The molecule has 1 aromatic rings. The van der Waals surface area contributed by atoms with E-state index in [1.807, 2.05) is 42.3 Å². The topological polar surface area (TPSA) is 87.7 Å². The van der Waals surface area contributed by atoms with E-state index in [0.717, 1.165) is 47.7 Å². The number of rotatable bonds is 11. The van der Waals surface area contributed by atoms with Crippen LogP contribution in [-0.2, 0) is 14.3 Å². The van der Waals surface area contributed by atoms with E-state index in [0.29, 0.717) is 29.9 Å². The number of guanidine groups is 1. The van der Waals surface area contributed by atoms with Crippen LogP contribution in [0.15, 0.2) is 71.1 Å². The molecule has 1 aromatic carbocycles. The van der Waals surface area contributed by atoms with Gasteiger partial charge in [-0.15, -0.1) is 20.7 Å². The van der Waals surface area contributed by atoms with Crippen molar-refractivity contribution in [1.29, 1.82) is 0 Å². The smallest absolute Gasteiger partial charge is 0.243 e. The number of hydrogen-bond donors (Lipinski definition) is 2. The first-order chi connectivity index (χ1) is 18.5. The molecule has 0 spiro atoms. The van der Waals surface area contributed by atoms with Crippen LogP contribution in [0.3, 0.4) is 0 Å². The molecule has 1 atom stereocenters. The summed E-state index contributed by atoms with van der Waals surface area (Å²) in [5.41, 5.74) is 1.87. The Morgan fingerprint density at radius 1 is 1.37 bits per heavy atom. The Hall–Kier alpha value is -2.83. The number of likely N-dealkylation sites (N-methyl/N-ethyl adjacent to an activating group) is 1. The average Bonchev–Trinajstić information content (AvgIpc) is 3.22. The van der Waals surface area contributed by atoms with Gasteiger partial charge in [-0.2, -0.15) is 0 Å². The van der Waals surface area contributed by atoms with Crippen molar-refractivity contribution in [2.24, 2.45) is 4.99 Å². The molecule has 1 saturated heterocycles. The molecule has 11 heteroatoms. The Morgan fingerprint density at radius 2 is 2.21 bits per heavy atom. The van der Waals surface area contributed by atoms with Crippen LogP contribution in [0.1, 0.15) is 6.42 Å². The van der Waals surface area contributed by atoms with E-state index in [-0.39, 0.29) is 26.6 Å². The lowest BCUT2D eigenvalue weighted by Gasteiger charge is -2.33. The first-order valence-corrected chi connectivity index (χ1v) is 15.6. The number of benzene rings is 1. The maximum atomic E-state index is 11.3. The van der Waals surface area contributed by atoms with Crippen molar-refractivity contribution >= 4 is 60.1 Å². The molecule has 0 saturated carbocycles. The van der Waals surface area contributed by atoms with Crippen LogP contribution >= 0.6 is 32.3 Å². The molecule has 2 N–H and O–H groups in total. The fourth-order valence-electron chi connectivity index (χ4n) is 3.76. The number of hydrogen-bond acceptors (Lipinski definition) is 8. The van der Waals surface area contributed by atoms with E-state index < -0.39 is 6.23 Å². The SMILES string of the molecule is C=CC(=O)NC/C=C\C=C(/CI=C)OC1C(Cl)=CN=C(Nc2ccc(N3CCCOCC3)cc2OC)N1C. The molecule has 2 aliphatic rings. The first-order valence-electron chi connectivity index (χ1n) is 12.2. The summed E-state index contributed by atoms with van der Waals surface area (Å²) in [7, 11) is 3.52. The maximum absolute atomic E-state index is 11.3. The zero-order valence-electron chi connectivity index (χ0n) is 21.8. The molecule has 0 aromatic heterocycles. The lowest BCUT2D eigenvalue weighted by atomic mass is 10.2. The highest BCUT2D eigenvalue weighted by Gasteiger charge is 2.28. The zero-order chi connectivity index (χ0) is 27.3. The predicted molar refractivity (Wildman–Crippen MR) is 165 cm³/mol. The molecule has 0 bridgehead atoms. The Bertz CT molecular complexity index is 1110. The van der Waals surface area contributed by atoms with Crippen LogP contribution in [0.25, 0.3) is 0 Å². The molecule has 3 rings (SSSR count). The van der Waals surface area contributed by atoms with Crippen molar-refractivity contribution in [2.75, 3.05) is 61.6 Å². The van der Waals surface area contributed by atoms with Gasteiger partial charge in [-0.25, -0.2) is 4.99 Å². The number of methoxy groups -OCH3 is 1. The quantitative estimate of drug-likeness (QED) is 0.122. The van der Waals surface area contributed by atoms with Crippen molar-refractivity contribution in [3.63, 3.8) is 0 Å². The number of alkyl halides is 1. The first kappa shape index (κ1) is 29.7. The van der Waals surface area contributed by atoms with Gasteiger partial charge >= 0.3 is 0 Å². The van der Waals surface area contributed by atoms with Crippen LogP contribution in [0.2, 0.25) is 0 Å². The normalized spacial score (nSPS) is 18.4. The van der Waals surface area contributed by atoms with Crippen molar-refractivity contribution in [2.45, 2.75) is 12.6 Å². The number of carbonyl (C=O) groups is 1. The summed E-state index contributed by atoms with van der Waals surface area (Å²) in [6.07, 6.45) is 8.80. The van der Waals surface area contributed by atoms with Gasteiger partial charge in [0.15, 0.2) is 0 Å². The fraction of sp³-hybridized carbons (Fsp3) is 0.370. The standard InChI is InChI=1S/C27H35ClIN5O4/c1-5-25(35)30-12-7-6-9-21(18-29-2)38-26-22(28)19-31-27(33(26)3)32-23-11-10-20(17-24(23)36-4)34-13-8-15-37-16-14-34/h5-7,9-11,17,19,26H,1-2,8,12-16,18H2,3-4H3,(H,30,35)(H,31,32)/b7-6-,21-9+. The summed E-state index contributed by atoms with van der Waals surface area (Å²) in [6, 6.07) is 6.08. The lowest BCUT2D eigenvalue weighted by Crippen LogP contribution is -2.44. The second-order valence-electron chi connectivity index (χ2n) is 8.34. The largest absolute Gasteiger partial charge is 0.494 e. The summed E-state index contributed by atoms with van der Waals surface area (Å²) in [4.78, 5) is 19.9. The third kappa shape index (κ3) is 8.60. The molecule has 38 heavy (non-hydrogen) atoms. The van der Waals surface area contributed by atoms with Crippen LogP contribution in [-0.4, -0.2) is 78.9 Å². The number of nitrogens with one attached hydrogen (secondary N) is 2. The Labute approximate surface area is 239 Å². The molecule has 9 nitrogen and oxygen atoms in total. The molecule has 1 unspecified atom stereocenters. The van der Waals surface area contributed by atoms with E-state index in [4.69, 9.17) is 25.8 Å².